The number of hydrogen-bond donors (Lipinski definition) is 0. The Morgan fingerprint density at radius 3 is 2.72 bits per heavy atom. The lowest BCUT2D eigenvalue weighted by molar-refractivity contribution is -0.131. The summed E-state index contributed by atoms with van der Waals surface area (Å²) in [7, 11) is 1.62. The number of amides is 1. The van der Waals surface area contributed by atoms with Crippen molar-refractivity contribution < 1.29 is 13.9 Å². The van der Waals surface area contributed by atoms with E-state index in [4.69, 9.17) is 4.74 Å². The zero-order valence-corrected chi connectivity index (χ0v) is 13.6. The Labute approximate surface area is 142 Å². The maximum Gasteiger partial charge on any atom is 0.350 e. The van der Waals surface area contributed by atoms with Gasteiger partial charge in [0.05, 0.1) is 6.54 Å². The third-order valence-corrected chi connectivity index (χ3v) is 3.71. The molecule has 0 aliphatic carbocycles. The molecule has 8 heteroatoms. The Morgan fingerprint density at radius 1 is 1.24 bits per heavy atom. The molecule has 0 spiro atoms. The lowest BCUT2D eigenvalue weighted by Gasteiger charge is -2.17. The zero-order chi connectivity index (χ0) is 17.8. The van der Waals surface area contributed by atoms with Crippen molar-refractivity contribution in [2.24, 2.45) is 0 Å². The standard InChI is InChI=1S/C17H17FN4O3/c1-20(10-11-25-14-7-5-13(18)6-8-14)16(23)12-22-17(24)21-9-3-2-4-15(21)19-22/h2-9H,10-12H2,1H3. The highest BCUT2D eigenvalue weighted by Gasteiger charge is 2.14. The van der Waals surface area contributed by atoms with Crippen LogP contribution in [0.4, 0.5) is 4.39 Å². The molecular weight excluding hydrogens is 327 g/mol. The molecule has 0 bridgehead atoms. The first-order chi connectivity index (χ1) is 12.0. The minimum Gasteiger partial charge on any atom is -0.492 e. The van der Waals surface area contributed by atoms with Gasteiger partial charge in [-0.1, -0.05) is 6.07 Å². The molecule has 0 N–H and O–H groups in total. The van der Waals surface area contributed by atoms with Crippen molar-refractivity contribution in [2.75, 3.05) is 20.2 Å². The number of carbonyl (C=O) groups excluding carboxylic acids is 1. The molecule has 130 valence electrons. The van der Waals surface area contributed by atoms with Crippen molar-refractivity contribution in [1.82, 2.24) is 19.1 Å². The highest BCUT2D eigenvalue weighted by atomic mass is 19.1. The highest BCUT2D eigenvalue weighted by molar-refractivity contribution is 5.75. The second-order valence-electron chi connectivity index (χ2n) is 5.49. The van der Waals surface area contributed by atoms with Gasteiger partial charge in [-0.3, -0.25) is 9.20 Å². The maximum absolute atomic E-state index is 12.8. The molecule has 3 aromatic rings. The lowest BCUT2D eigenvalue weighted by Crippen LogP contribution is -2.36. The number of hydrogen-bond acceptors (Lipinski definition) is 4. The van der Waals surface area contributed by atoms with Crippen LogP contribution in [-0.2, 0) is 11.3 Å². The van der Waals surface area contributed by atoms with Gasteiger partial charge in [0.2, 0.25) is 5.91 Å². The first-order valence-electron chi connectivity index (χ1n) is 7.71. The SMILES string of the molecule is CN(CCOc1ccc(F)cc1)C(=O)Cn1nc2ccccn2c1=O. The number of halogens is 1. The smallest absolute Gasteiger partial charge is 0.350 e. The van der Waals surface area contributed by atoms with E-state index in [1.807, 2.05) is 0 Å². The summed E-state index contributed by atoms with van der Waals surface area (Å²) in [6.07, 6.45) is 1.60. The molecule has 0 saturated carbocycles. The van der Waals surface area contributed by atoms with Crippen LogP contribution in [0.15, 0.2) is 53.5 Å². The molecule has 0 unspecified atom stereocenters. The fraction of sp³-hybridized carbons (Fsp3) is 0.235. The van der Waals surface area contributed by atoms with E-state index in [2.05, 4.69) is 5.10 Å². The van der Waals surface area contributed by atoms with Crippen molar-refractivity contribution in [1.29, 1.82) is 0 Å². The van der Waals surface area contributed by atoms with E-state index in [0.717, 1.165) is 4.68 Å². The number of carbonyl (C=O) groups is 1. The van der Waals surface area contributed by atoms with E-state index in [0.29, 0.717) is 17.9 Å². The van der Waals surface area contributed by atoms with Crippen molar-refractivity contribution in [3.05, 3.63) is 65.0 Å². The van der Waals surface area contributed by atoms with Crippen molar-refractivity contribution >= 4 is 11.6 Å². The number of fused-ring (bicyclic) bond motifs is 1. The lowest BCUT2D eigenvalue weighted by atomic mass is 10.3. The largest absolute Gasteiger partial charge is 0.492 e. The molecule has 2 aromatic heterocycles. The van der Waals surface area contributed by atoms with Crippen LogP contribution >= 0.6 is 0 Å². The van der Waals surface area contributed by atoms with Crippen molar-refractivity contribution in [3.8, 4) is 5.75 Å². The Hall–Kier alpha value is -3.16. The molecule has 0 aliphatic heterocycles. The number of aromatic nitrogens is 3. The summed E-state index contributed by atoms with van der Waals surface area (Å²) < 4.78 is 20.8. The molecule has 0 atom stereocenters. The number of likely N-dealkylation sites (N-methyl/N-ethyl adjacent to an activating group) is 1. The molecule has 25 heavy (non-hydrogen) atoms. The quantitative estimate of drug-likeness (QED) is 0.673. The van der Waals surface area contributed by atoms with Gasteiger partial charge in [0.25, 0.3) is 0 Å². The molecule has 0 radical (unpaired) electrons. The Morgan fingerprint density at radius 2 is 2.00 bits per heavy atom. The molecule has 3 rings (SSSR count). The predicted octanol–water partition coefficient (Wildman–Crippen LogP) is 1.17. The second kappa shape index (κ2) is 7.16. The number of nitrogens with zero attached hydrogens (tertiary/aromatic N) is 4. The van der Waals surface area contributed by atoms with Crippen LogP contribution in [0.2, 0.25) is 0 Å². The summed E-state index contributed by atoms with van der Waals surface area (Å²) in [5.41, 5.74) is 0.127. The van der Waals surface area contributed by atoms with E-state index in [1.54, 1.807) is 31.4 Å². The van der Waals surface area contributed by atoms with Crippen LogP contribution in [0.3, 0.4) is 0 Å². The molecule has 1 aromatic carbocycles. The first kappa shape index (κ1) is 16.7. The minimum absolute atomic E-state index is 0.145. The van der Waals surface area contributed by atoms with Crippen LogP contribution in [0, 0.1) is 5.82 Å². The van der Waals surface area contributed by atoms with Crippen molar-refractivity contribution in [3.63, 3.8) is 0 Å². The van der Waals surface area contributed by atoms with E-state index in [9.17, 15) is 14.0 Å². The Kier molecular flexibility index (Phi) is 4.78. The van der Waals surface area contributed by atoms with Gasteiger partial charge in [-0.05, 0) is 36.4 Å². The monoisotopic (exact) mass is 344 g/mol. The fourth-order valence-corrected chi connectivity index (χ4v) is 2.28. The number of benzene rings is 1. The number of rotatable bonds is 6. The average Bonchev–Trinajstić information content (AvgIpc) is 2.93. The summed E-state index contributed by atoms with van der Waals surface area (Å²) >= 11 is 0. The molecule has 0 aliphatic rings. The highest BCUT2D eigenvalue weighted by Crippen LogP contribution is 2.10. The van der Waals surface area contributed by atoms with E-state index < -0.39 is 0 Å². The van der Waals surface area contributed by atoms with Gasteiger partial charge >= 0.3 is 5.69 Å². The maximum atomic E-state index is 12.8. The summed E-state index contributed by atoms with van der Waals surface area (Å²) in [4.78, 5) is 25.8. The zero-order valence-electron chi connectivity index (χ0n) is 13.6. The Balaban J connectivity index is 1.56. The van der Waals surface area contributed by atoms with Gasteiger partial charge < -0.3 is 9.64 Å². The third-order valence-electron chi connectivity index (χ3n) is 3.71. The summed E-state index contributed by atoms with van der Waals surface area (Å²) in [6.45, 7) is 0.444. The second-order valence-corrected chi connectivity index (χ2v) is 5.49. The molecule has 2 heterocycles. The van der Waals surface area contributed by atoms with E-state index >= 15 is 0 Å². The third kappa shape index (κ3) is 3.85. The van der Waals surface area contributed by atoms with Gasteiger partial charge in [0, 0.05) is 13.2 Å². The minimum atomic E-state index is -0.361. The van der Waals surface area contributed by atoms with E-state index in [-0.39, 0.29) is 30.6 Å². The van der Waals surface area contributed by atoms with Crippen LogP contribution < -0.4 is 10.4 Å². The molecule has 0 saturated heterocycles. The number of ether oxygens (including phenoxy) is 1. The fourth-order valence-electron chi connectivity index (χ4n) is 2.28. The van der Waals surface area contributed by atoms with Gasteiger partial charge in [-0.15, -0.1) is 5.10 Å². The van der Waals surface area contributed by atoms with Crippen LogP contribution in [0.5, 0.6) is 5.75 Å². The average molecular weight is 344 g/mol. The predicted molar refractivity (Wildman–Crippen MR) is 89.0 cm³/mol. The van der Waals surface area contributed by atoms with E-state index in [1.165, 1.54) is 33.6 Å². The van der Waals surface area contributed by atoms with Crippen molar-refractivity contribution in [2.45, 2.75) is 6.54 Å². The number of pyridine rings is 1. The van der Waals surface area contributed by atoms with Gasteiger partial charge in [-0.25, -0.2) is 13.9 Å². The molecule has 0 fully saturated rings. The Bertz CT molecular complexity index is 933. The topological polar surface area (TPSA) is 68.8 Å². The normalized spacial score (nSPS) is 10.8. The van der Waals surface area contributed by atoms with Gasteiger partial charge in [-0.2, -0.15) is 0 Å². The van der Waals surface area contributed by atoms with Gasteiger partial charge in [0.1, 0.15) is 24.7 Å². The summed E-state index contributed by atoms with van der Waals surface area (Å²) in [5.74, 6) is -0.0652. The van der Waals surface area contributed by atoms with Crippen LogP contribution in [0.1, 0.15) is 0 Å². The summed E-state index contributed by atoms with van der Waals surface area (Å²) in [5, 5.41) is 4.12. The molecule has 1 amide bonds. The first-order valence-corrected chi connectivity index (χ1v) is 7.71. The molecule has 7 nitrogen and oxygen atoms in total. The van der Waals surface area contributed by atoms with Gasteiger partial charge in [0.15, 0.2) is 5.65 Å². The summed E-state index contributed by atoms with van der Waals surface area (Å²) in [6, 6.07) is 10.8. The molecular formula is C17H17FN4O3. The van der Waals surface area contributed by atoms with Crippen LogP contribution in [0.25, 0.3) is 5.65 Å². The van der Waals surface area contributed by atoms with Crippen LogP contribution in [-0.4, -0.2) is 45.2 Å².